The summed E-state index contributed by atoms with van der Waals surface area (Å²) in [5, 5.41) is 6.73. The first-order valence-corrected chi connectivity index (χ1v) is 14.2. The lowest BCUT2D eigenvalue weighted by atomic mass is 9.96. The van der Waals surface area contributed by atoms with Gasteiger partial charge in [-0.2, -0.15) is 0 Å². The number of carbonyl (C=O) groups is 5. The van der Waals surface area contributed by atoms with Gasteiger partial charge in [-0.25, -0.2) is 0 Å². The van der Waals surface area contributed by atoms with Gasteiger partial charge in [-0.05, 0) is 25.1 Å². The second-order valence-electron chi connectivity index (χ2n) is 10.4. The molecule has 14 heteroatoms. The average Bonchev–Trinajstić information content (AvgIpc) is 3.24. The molecular formula is C31H35N3O11. The van der Waals surface area contributed by atoms with Crippen LogP contribution in [-0.4, -0.2) is 85.8 Å². The van der Waals surface area contributed by atoms with Crippen molar-refractivity contribution in [3.8, 4) is 5.75 Å². The normalized spacial score (nSPS) is 23.1. The Kier molecular flexibility index (Phi) is 10.7. The van der Waals surface area contributed by atoms with Crippen LogP contribution >= 0.6 is 0 Å². The van der Waals surface area contributed by atoms with Gasteiger partial charge < -0.3 is 38.7 Å². The van der Waals surface area contributed by atoms with Crippen LogP contribution in [0.5, 0.6) is 5.75 Å². The Bertz CT molecular complexity index is 1460. The Morgan fingerprint density at radius 1 is 0.911 bits per heavy atom. The van der Waals surface area contributed by atoms with Crippen LogP contribution in [0.3, 0.4) is 0 Å². The summed E-state index contributed by atoms with van der Waals surface area (Å²) >= 11 is 0. The molecule has 2 aromatic rings. The van der Waals surface area contributed by atoms with Crippen LogP contribution in [0.1, 0.15) is 38.8 Å². The zero-order chi connectivity index (χ0) is 32.7. The van der Waals surface area contributed by atoms with E-state index in [1.165, 1.54) is 18.7 Å². The molecule has 2 aliphatic heterocycles. The number of ether oxygens (including phenoxy) is 5. The summed E-state index contributed by atoms with van der Waals surface area (Å²) in [6.45, 7) is 6.63. The highest BCUT2D eigenvalue weighted by molar-refractivity contribution is 6.54. The van der Waals surface area contributed by atoms with E-state index in [0.29, 0.717) is 17.0 Å². The van der Waals surface area contributed by atoms with E-state index in [9.17, 15) is 24.0 Å². The summed E-state index contributed by atoms with van der Waals surface area (Å²) in [5.74, 6) is -2.51. The van der Waals surface area contributed by atoms with Gasteiger partial charge in [0.2, 0.25) is 5.91 Å². The van der Waals surface area contributed by atoms with E-state index in [1.54, 1.807) is 24.3 Å². The number of fused-ring (bicyclic) bond motifs is 1. The quantitative estimate of drug-likeness (QED) is 0.220. The van der Waals surface area contributed by atoms with E-state index in [1.807, 2.05) is 31.2 Å². The summed E-state index contributed by atoms with van der Waals surface area (Å²) in [6, 6.07) is 13.3. The molecular weight excluding hydrogens is 590 g/mol. The summed E-state index contributed by atoms with van der Waals surface area (Å²) in [4.78, 5) is 68.7. The molecule has 240 valence electrons. The van der Waals surface area contributed by atoms with Gasteiger partial charge in [0.25, 0.3) is 12.2 Å². The molecule has 0 saturated carbocycles. The van der Waals surface area contributed by atoms with Crippen LogP contribution in [0.2, 0.25) is 0 Å². The lowest BCUT2D eigenvalue weighted by Crippen LogP contribution is -2.66. The summed E-state index contributed by atoms with van der Waals surface area (Å²) in [5.41, 5.74) is 2.11. The maximum absolute atomic E-state index is 13.6. The van der Waals surface area contributed by atoms with Crippen molar-refractivity contribution in [1.29, 1.82) is 0 Å². The number of para-hydroxylation sites is 1. The Hall–Kier alpha value is -4.98. The van der Waals surface area contributed by atoms with Gasteiger partial charge >= 0.3 is 17.9 Å². The van der Waals surface area contributed by atoms with Gasteiger partial charge in [0.15, 0.2) is 17.9 Å². The molecule has 0 aliphatic carbocycles. The molecule has 0 radical (unpaired) electrons. The molecule has 45 heavy (non-hydrogen) atoms. The zero-order valence-corrected chi connectivity index (χ0v) is 25.5. The van der Waals surface area contributed by atoms with Gasteiger partial charge in [-0.1, -0.05) is 41.1 Å². The number of nitrogens with zero attached hydrogens (tertiary/aromatic N) is 2. The van der Waals surface area contributed by atoms with Crippen LogP contribution in [0.15, 0.2) is 53.7 Å². The molecule has 2 amide bonds. The number of nitrogens with one attached hydrogen (secondary N) is 1. The van der Waals surface area contributed by atoms with Crippen molar-refractivity contribution in [3.05, 3.63) is 59.7 Å². The predicted octanol–water partition coefficient (Wildman–Crippen LogP) is 1.80. The van der Waals surface area contributed by atoms with Crippen molar-refractivity contribution < 1.29 is 52.5 Å². The smallest absolute Gasteiger partial charge is 0.303 e. The molecule has 1 fully saturated rings. The number of benzene rings is 2. The van der Waals surface area contributed by atoms with Crippen molar-refractivity contribution in [3.63, 3.8) is 0 Å². The Balaban J connectivity index is 1.61. The second-order valence-corrected chi connectivity index (χ2v) is 10.4. The standard InChI is InChI=1S/C31H35N3O11/c1-17-10-12-22(13-11-17)40-15-14-34-24-9-7-6-8-23(24)26(30(34)39)33-45-31-27(32-18(2)35)29(43-21(5)38)28(42-20(4)37)25(44-31)16-41-19(3)36/h6-13,25,27-29,31H,14-16H2,1-5H3,(H,32,35)/b33-26+/t25-,27-,28+,29-,31-/m0/s1. The topological polar surface area (TPSA) is 168 Å². The van der Waals surface area contributed by atoms with Crippen LogP contribution < -0.4 is 15.0 Å². The molecule has 14 nitrogen and oxygen atoms in total. The van der Waals surface area contributed by atoms with Crippen molar-refractivity contribution >= 4 is 41.1 Å². The van der Waals surface area contributed by atoms with E-state index in [2.05, 4.69) is 10.5 Å². The van der Waals surface area contributed by atoms with Crippen LogP contribution in [0, 0.1) is 6.92 Å². The molecule has 0 aromatic heterocycles. The predicted molar refractivity (Wildman–Crippen MR) is 157 cm³/mol. The first-order chi connectivity index (χ1) is 21.4. The number of amides is 2. The fourth-order valence-corrected chi connectivity index (χ4v) is 4.95. The summed E-state index contributed by atoms with van der Waals surface area (Å²) < 4.78 is 27.8. The maximum atomic E-state index is 13.6. The highest BCUT2D eigenvalue weighted by Crippen LogP contribution is 2.31. The highest BCUT2D eigenvalue weighted by atomic mass is 16.8. The second kappa shape index (κ2) is 14.7. The fraction of sp³-hybridized carbons (Fsp3) is 0.419. The van der Waals surface area contributed by atoms with Crippen molar-refractivity contribution in [1.82, 2.24) is 5.32 Å². The van der Waals surface area contributed by atoms with Gasteiger partial charge in [0.05, 0.1) is 12.2 Å². The Morgan fingerprint density at radius 2 is 1.58 bits per heavy atom. The number of anilines is 1. The van der Waals surface area contributed by atoms with Crippen LogP contribution in [0.25, 0.3) is 0 Å². The minimum Gasteiger partial charge on any atom is -0.492 e. The van der Waals surface area contributed by atoms with Gasteiger partial charge in [-0.15, -0.1) is 0 Å². The number of hydrogen-bond acceptors (Lipinski definition) is 12. The van der Waals surface area contributed by atoms with Gasteiger partial charge in [-0.3, -0.25) is 24.0 Å². The first kappa shape index (κ1) is 32.9. The van der Waals surface area contributed by atoms with Crippen LogP contribution in [0.4, 0.5) is 5.69 Å². The third-order valence-corrected chi connectivity index (χ3v) is 6.82. The Morgan fingerprint density at radius 3 is 2.22 bits per heavy atom. The number of aryl methyl sites for hydroxylation is 1. The average molecular weight is 626 g/mol. The highest BCUT2D eigenvalue weighted by Gasteiger charge is 2.52. The largest absolute Gasteiger partial charge is 0.492 e. The number of oxime groups is 1. The maximum Gasteiger partial charge on any atom is 0.303 e. The molecule has 2 aromatic carbocycles. The van der Waals surface area contributed by atoms with Crippen molar-refractivity contribution in [2.45, 2.75) is 65.3 Å². The molecule has 0 spiro atoms. The zero-order valence-electron chi connectivity index (χ0n) is 25.5. The van der Waals surface area contributed by atoms with E-state index in [-0.39, 0.29) is 18.9 Å². The number of hydrogen-bond donors (Lipinski definition) is 1. The van der Waals surface area contributed by atoms with Crippen molar-refractivity contribution in [2.75, 3.05) is 24.7 Å². The molecule has 4 rings (SSSR count). The van der Waals surface area contributed by atoms with E-state index < -0.39 is 67.0 Å². The van der Waals surface area contributed by atoms with Crippen LogP contribution in [-0.2, 0) is 47.8 Å². The molecule has 1 saturated heterocycles. The van der Waals surface area contributed by atoms with Gasteiger partial charge in [0.1, 0.15) is 31.1 Å². The first-order valence-electron chi connectivity index (χ1n) is 14.2. The number of carbonyl (C=O) groups excluding carboxylic acids is 5. The SMILES string of the molecule is CC(=O)N[C@@H]1[C@H](O/N=C2/C(=O)N(CCOc3ccc(C)cc3)c3ccccc32)O[C@@H](COC(C)=O)[C@@H](OC(C)=O)[C@H]1OC(C)=O. The fourth-order valence-electron chi connectivity index (χ4n) is 4.95. The van der Waals surface area contributed by atoms with E-state index in [4.69, 9.17) is 28.5 Å². The third kappa shape index (κ3) is 8.35. The summed E-state index contributed by atoms with van der Waals surface area (Å²) in [6.07, 6.45) is -5.30. The van der Waals surface area contributed by atoms with E-state index >= 15 is 0 Å². The molecule has 0 bridgehead atoms. The lowest BCUT2D eigenvalue weighted by molar-refractivity contribution is -0.278. The lowest BCUT2D eigenvalue weighted by Gasteiger charge is -2.43. The monoisotopic (exact) mass is 625 g/mol. The number of esters is 3. The molecule has 5 atom stereocenters. The third-order valence-electron chi connectivity index (χ3n) is 6.82. The molecule has 2 aliphatic rings. The van der Waals surface area contributed by atoms with E-state index in [0.717, 1.165) is 19.4 Å². The Labute approximate surface area is 259 Å². The number of rotatable bonds is 11. The minimum atomic E-state index is -1.48. The molecule has 0 unspecified atom stereocenters. The molecule has 1 N–H and O–H groups in total. The minimum absolute atomic E-state index is 0.0474. The van der Waals surface area contributed by atoms with Crippen molar-refractivity contribution in [2.24, 2.45) is 5.16 Å². The van der Waals surface area contributed by atoms with Gasteiger partial charge in [0, 0.05) is 33.3 Å². The molecule has 2 heterocycles. The summed E-state index contributed by atoms with van der Waals surface area (Å²) in [7, 11) is 0.